The lowest BCUT2D eigenvalue weighted by Crippen LogP contribution is -2.20. The number of hydrogen-bond donors (Lipinski definition) is 3. The first-order valence-corrected chi connectivity index (χ1v) is 10.8. The molecule has 0 saturated heterocycles. The monoisotopic (exact) mass is 445 g/mol. The lowest BCUT2D eigenvalue weighted by Gasteiger charge is -2.15. The summed E-state index contributed by atoms with van der Waals surface area (Å²) in [6, 6.07) is 17.6. The average molecular weight is 446 g/mol. The number of nitrogens with one attached hydrogen (secondary N) is 3. The molecule has 0 aliphatic carbocycles. The maximum Gasteiger partial charge on any atom is 0.262 e. The van der Waals surface area contributed by atoms with E-state index in [4.69, 9.17) is 17.0 Å². The Labute approximate surface area is 180 Å². The summed E-state index contributed by atoms with van der Waals surface area (Å²) in [6.07, 6.45) is 0. The fourth-order valence-electron chi connectivity index (χ4n) is 2.74. The van der Waals surface area contributed by atoms with E-state index < -0.39 is 15.8 Å². The van der Waals surface area contributed by atoms with Crippen molar-refractivity contribution < 1.29 is 17.5 Å². The maximum atomic E-state index is 13.8. The second-order valence-electron chi connectivity index (χ2n) is 6.35. The highest BCUT2D eigenvalue weighted by Crippen LogP contribution is 2.28. The smallest absolute Gasteiger partial charge is 0.262 e. The zero-order valence-electron chi connectivity index (χ0n) is 16.3. The average Bonchev–Trinajstić information content (AvgIpc) is 2.71. The van der Waals surface area contributed by atoms with Crippen molar-refractivity contribution in [3.05, 3.63) is 78.1 Å². The van der Waals surface area contributed by atoms with E-state index >= 15 is 0 Å². The molecule has 0 saturated carbocycles. The van der Waals surface area contributed by atoms with Gasteiger partial charge in [0.05, 0.1) is 23.4 Å². The third-order valence-electron chi connectivity index (χ3n) is 4.21. The van der Waals surface area contributed by atoms with Crippen molar-refractivity contribution in [3.63, 3.8) is 0 Å². The van der Waals surface area contributed by atoms with Gasteiger partial charge in [0.1, 0.15) is 11.6 Å². The number of para-hydroxylation sites is 3. The van der Waals surface area contributed by atoms with Gasteiger partial charge in [-0.15, -0.1) is 0 Å². The molecule has 3 N–H and O–H groups in total. The Hall–Kier alpha value is -3.17. The molecule has 0 heterocycles. The molecule has 0 bridgehead atoms. The van der Waals surface area contributed by atoms with Crippen LogP contribution in [0.3, 0.4) is 0 Å². The van der Waals surface area contributed by atoms with Crippen LogP contribution < -0.4 is 20.1 Å². The molecule has 0 aliphatic heterocycles. The largest absolute Gasteiger partial charge is 0.495 e. The first-order chi connectivity index (χ1) is 14.3. The molecule has 3 rings (SSSR count). The first kappa shape index (κ1) is 21.5. The summed E-state index contributed by atoms with van der Waals surface area (Å²) in [6.45, 7) is 1.69. The van der Waals surface area contributed by atoms with Crippen LogP contribution in [0.5, 0.6) is 5.75 Å². The van der Waals surface area contributed by atoms with Gasteiger partial charge in [0.15, 0.2) is 5.11 Å². The number of ether oxygens (including phenoxy) is 1. The minimum Gasteiger partial charge on any atom is -0.495 e. The Morgan fingerprint density at radius 2 is 1.63 bits per heavy atom. The quantitative estimate of drug-likeness (QED) is 0.475. The van der Waals surface area contributed by atoms with Gasteiger partial charge in [-0.2, -0.15) is 0 Å². The molecule has 0 amide bonds. The van der Waals surface area contributed by atoms with Crippen LogP contribution in [-0.2, 0) is 10.0 Å². The first-order valence-electron chi connectivity index (χ1n) is 8.89. The highest BCUT2D eigenvalue weighted by Gasteiger charge is 2.19. The summed E-state index contributed by atoms with van der Waals surface area (Å²) < 4.78 is 47.5. The lowest BCUT2D eigenvalue weighted by atomic mass is 10.2. The summed E-state index contributed by atoms with van der Waals surface area (Å²) in [5.74, 6) is -0.0434. The normalized spacial score (nSPS) is 10.9. The van der Waals surface area contributed by atoms with E-state index in [1.165, 1.54) is 19.2 Å². The van der Waals surface area contributed by atoms with Crippen LogP contribution in [0.2, 0.25) is 0 Å². The van der Waals surface area contributed by atoms with Crippen LogP contribution in [0, 0.1) is 12.7 Å². The third kappa shape index (κ3) is 5.05. The molecule has 3 aromatic rings. The van der Waals surface area contributed by atoms with Crippen LogP contribution in [0.1, 0.15) is 5.56 Å². The number of rotatable bonds is 6. The zero-order chi connectivity index (χ0) is 21.7. The third-order valence-corrected chi connectivity index (χ3v) is 5.92. The summed E-state index contributed by atoms with van der Waals surface area (Å²) >= 11 is 5.21. The topological polar surface area (TPSA) is 79.5 Å². The van der Waals surface area contributed by atoms with E-state index in [1.807, 2.05) is 0 Å². The molecule has 156 valence electrons. The minimum absolute atomic E-state index is 0.0760. The van der Waals surface area contributed by atoms with Gasteiger partial charge in [0.25, 0.3) is 10.0 Å². The molecule has 3 aromatic carbocycles. The van der Waals surface area contributed by atoms with Gasteiger partial charge >= 0.3 is 0 Å². The van der Waals surface area contributed by atoms with Crippen molar-refractivity contribution in [2.75, 3.05) is 22.5 Å². The van der Waals surface area contributed by atoms with E-state index in [9.17, 15) is 12.8 Å². The summed E-state index contributed by atoms with van der Waals surface area (Å²) in [5, 5.41) is 5.76. The van der Waals surface area contributed by atoms with Crippen molar-refractivity contribution in [2.24, 2.45) is 0 Å². The number of halogens is 1. The number of methoxy groups -OCH3 is 1. The molecule has 0 aromatic heterocycles. The van der Waals surface area contributed by atoms with Gasteiger partial charge in [0, 0.05) is 5.69 Å². The van der Waals surface area contributed by atoms with Crippen molar-refractivity contribution in [2.45, 2.75) is 11.8 Å². The Morgan fingerprint density at radius 3 is 2.33 bits per heavy atom. The van der Waals surface area contributed by atoms with E-state index in [-0.39, 0.29) is 15.7 Å². The maximum absolute atomic E-state index is 13.8. The Kier molecular flexibility index (Phi) is 6.53. The van der Waals surface area contributed by atoms with Crippen LogP contribution in [-0.4, -0.2) is 20.6 Å². The lowest BCUT2D eigenvalue weighted by molar-refractivity contribution is 0.417. The summed E-state index contributed by atoms with van der Waals surface area (Å²) in [4.78, 5) is 0.0760. The second kappa shape index (κ2) is 9.10. The standard InChI is InChI=1S/C21H20FN3O3S2/c1-14-11-12-15(23-21(29)24-17-8-4-3-7-16(17)22)13-20(14)30(26,27)25-18-9-5-6-10-19(18)28-2/h3-13,25H,1-2H3,(H2,23,24,29). The van der Waals surface area contributed by atoms with Gasteiger partial charge < -0.3 is 15.4 Å². The molecule has 0 radical (unpaired) electrons. The summed E-state index contributed by atoms with van der Waals surface area (Å²) in [7, 11) is -2.43. The van der Waals surface area contributed by atoms with E-state index in [0.29, 0.717) is 22.7 Å². The highest BCUT2D eigenvalue weighted by atomic mass is 32.2. The molecule has 0 spiro atoms. The van der Waals surface area contributed by atoms with Crippen molar-refractivity contribution in [3.8, 4) is 5.75 Å². The number of aryl methyl sites for hydroxylation is 1. The van der Waals surface area contributed by atoms with Crippen LogP contribution >= 0.6 is 12.2 Å². The van der Waals surface area contributed by atoms with Crippen molar-refractivity contribution in [1.82, 2.24) is 0 Å². The molecule has 9 heteroatoms. The van der Waals surface area contributed by atoms with Crippen molar-refractivity contribution in [1.29, 1.82) is 0 Å². The highest BCUT2D eigenvalue weighted by molar-refractivity contribution is 7.92. The fraction of sp³-hybridized carbons (Fsp3) is 0.0952. The Balaban J connectivity index is 1.82. The number of anilines is 3. The van der Waals surface area contributed by atoms with E-state index in [1.54, 1.807) is 61.5 Å². The van der Waals surface area contributed by atoms with Crippen LogP contribution in [0.15, 0.2) is 71.6 Å². The number of benzene rings is 3. The predicted molar refractivity (Wildman–Crippen MR) is 121 cm³/mol. The van der Waals surface area contributed by atoms with Gasteiger partial charge in [0.2, 0.25) is 0 Å². The van der Waals surface area contributed by atoms with Crippen molar-refractivity contribution >= 4 is 44.4 Å². The minimum atomic E-state index is -3.89. The Bertz CT molecular complexity index is 1180. The van der Waals surface area contributed by atoms with E-state index in [0.717, 1.165) is 0 Å². The van der Waals surface area contributed by atoms with Gasteiger partial charge in [-0.1, -0.05) is 30.3 Å². The number of thiocarbonyl (C=S) groups is 1. The molecule has 0 fully saturated rings. The molecule has 6 nitrogen and oxygen atoms in total. The van der Waals surface area contributed by atoms with Gasteiger partial charge in [-0.3, -0.25) is 4.72 Å². The molecular formula is C21H20FN3O3S2. The van der Waals surface area contributed by atoms with Crippen LogP contribution in [0.4, 0.5) is 21.5 Å². The molecule has 0 unspecified atom stereocenters. The fourth-order valence-corrected chi connectivity index (χ4v) is 4.31. The number of sulfonamides is 1. The molecule has 0 aliphatic rings. The summed E-state index contributed by atoms with van der Waals surface area (Å²) in [5.41, 5.74) is 1.54. The molecule has 0 atom stereocenters. The SMILES string of the molecule is COc1ccccc1NS(=O)(=O)c1cc(NC(=S)Nc2ccccc2F)ccc1C. The Morgan fingerprint density at radius 1 is 0.967 bits per heavy atom. The molecule has 30 heavy (non-hydrogen) atoms. The van der Waals surface area contributed by atoms with E-state index in [2.05, 4.69) is 15.4 Å². The zero-order valence-corrected chi connectivity index (χ0v) is 17.9. The second-order valence-corrected chi connectivity index (χ2v) is 8.40. The predicted octanol–water partition coefficient (Wildman–Crippen LogP) is 4.75. The number of hydrogen-bond acceptors (Lipinski definition) is 4. The van der Waals surface area contributed by atoms with Crippen LogP contribution in [0.25, 0.3) is 0 Å². The molecular weight excluding hydrogens is 425 g/mol. The van der Waals surface area contributed by atoms with Gasteiger partial charge in [-0.05, 0) is 61.1 Å². The van der Waals surface area contributed by atoms with Gasteiger partial charge in [-0.25, -0.2) is 12.8 Å².